The summed E-state index contributed by atoms with van der Waals surface area (Å²) in [5, 5.41) is 6.57. The SMILES string of the molecule is COOC=N[C@H](C(=O)N1CCC[C@H]1c1ncc(-c2ccc(-c3ccc(-c4cnc([C@@H]5CCCN5C(=O)[C@H](NC5=NCCN5)C(C)C)[nH]4)cc3)cc2)[nH]1)C1CC1. The average molecular weight is 747 g/mol. The molecule has 1 aliphatic carbocycles. The number of nitrogens with one attached hydrogen (secondary N) is 4. The summed E-state index contributed by atoms with van der Waals surface area (Å²) in [6.45, 7) is 7.04. The van der Waals surface area contributed by atoms with Gasteiger partial charge in [-0.05, 0) is 72.6 Å². The molecule has 3 fully saturated rings. The van der Waals surface area contributed by atoms with Crippen LogP contribution in [0.1, 0.15) is 76.1 Å². The van der Waals surface area contributed by atoms with E-state index < -0.39 is 6.04 Å². The molecule has 3 aliphatic heterocycles. The first-order valence-electron chi connectivity index (χ1n) is 19.6. The Morgan fingerprint density at radius 3 is 1.85 bits per heavy atom. The van der Waals surface area contributed by atoms with E-state index in [0.717, 1.165) is 96.9 Å². The van der Waals surface area contributed by atoms with Crippen molar-refractivity contribution in [2.24, 2.45) is 21.8 Å². The molecule has 1 saturated carbocycles. The van der Waals surface area contributed by atoms with Gasteiger partial charge < -0.3 is 35.3 Å². The van der Waals surface area contributed by atoms with Gasteiger partial charge in [0.25, 0.3) is 0 Å². The van der Waals surface area contributed by atoms with Crippen molar-refractivity contribution in [3.05, 3.63) is 72.6 Å². The molecule has 8 rings (SSSR count). The maximum atomic E-state index is 13.8. The number of hydrogen-bond donors (Lipinski definition) is 4. The molecule has 5 heterocycles. The Morgan fingerprint density at radius 2 is 1.36 bits per heavy atom. The van der Waals surface area contributed by atoms with Gasteiger partial charge in [0.1, 0.15) is 23.7 Å². The normalized spacial score (nSPS) is 20.9. The van der Waals surface area contributed by atoms with Gasteiger partial charge in [-0.2, -0.15) is 4.89 Å². The van der Waals surface area contributed by atoms with Crippen LogP contribution in [0.2, 0.25) is 0 Å². The first kappa shape index (κ1) is 36.5. The number of benzene rings is 2. The number of imidazole rings is 2. The van der Waals surface area contributed by atoms with Crippen molar-refractivity contribution in [3.63, 3.8) is 0 Å². The van der Waals surface area contributed by atoms with E-state index in [0.29, 0.717) is 19.0 Å². The number of H-pyrrole nitrogens is 2. The predicted octanol–water partition coefficient (Wildman–Crippen LogP) is 5.42. The van der Waals surface area contributed by atoms with Crippen LogP contribution < -0.4 is 10.6 Å². The van der Waals surface area contributed by atoms with Gasteiger partial charge >= 0.3 is 0 Å². The van der Waals surface area contributed by atoms with Crippen LogP contribution in [0, 0.1) is 11.8 Å². The third-order valence-electron chi connectivity index (χ3n) is 11.2. The Labute approximate surface area is 321 Å². The van der Waals surface area contributed by atoms with Gasteiger partial charge in [-0.25, -0.2) is 15.0 Å². The molecule has 2 saturated heterocycles. The van der Waals surface area contributed by atoms with Crippen LogP contribution >= 0.6 is 0 Å². The lowest BCUT2D eigenvalue weighted by molar-refractivity contribution is -0.188. The number of nitrogens with zero attached hydrogens (tertiary/aromatic N) is 6. The van der Waals surface area contributed by atoms with Crippen LogP contribution in [-0.4, -0.2) is 99.3 Å². The van der Waals surface area contributed by atoms with Gasteiger partial charge in [0.05, 0.1) is 49.5 Å². The summed E-state index contributed by atoms with van der Waals surface area (Å²) < 4.78 is 0. The molecule has 2 aromatic heterocycles. The minimum Gasteiger partial charge on any atom is -0.355 e. The molecular weight excluding hydrogens is 697 g/mol. The maximum Gasteiger partial charge on any atom is 0.248 e. The molecule has 14 nitrogen and oxygen atoms in total. The summed E-state index contributed by atoms with van der Waals surface area (Å²) in [7, 11) is 1.41. The van der Waals surface area contributed by atoms with E-state index in [1.54, 1.807) is 0 Å². The third-order valence-corrected chi connectivity index (χ3v) is 11.2. The van der Waals surface area contributed by atoms with E-state index in [4.69, 9.17) is 14.9 Å². The highest BCUT2D eigenvalue weighted by Gasteiger charge is 2.42. The van der Waals surface area contributed by atoms with Crippen molar-refractivity contribution in [2.75, 3.05) is 33.3 Å². The molecule has 2 amide bonds. The zero-order valence-corrected chi connectivity index (χ0v) is 31.7. The first-order valence-corrected chi connectivity index (χ1v) is 19.6. The highest BCUT2D eigenvalue weighted by atomic mass is 17.2. The molecule has 4 aromatic rings. The lowest BCUT2D eigenvalue weighted by Gasteiger charge is -2.30. The molecule has 2 aromatic carbocycles. The minimum absolute atomic E-state index is 0.0198. The van der Waals surface area contributed by atoms with Crippen LogP contribution in [0.5, 0.6) is 0 Å². The zero-order chi connectivity index (χ0) is 37.9. The molecule has 0 unspecified atom stereocenters. The zero-order valence-electron chi connectivity index (χ0n) is 31.7. The summed E-state index contributed by atoms with van der Waals surface area (Å²) in [4.78, 5) is 66.0. The fourth-order valence-electron chi connectivity index (χ4n) is 8.06. The van der Waals surface area contributed by atoms with E-state index >= 15 is 0 Å². The van der Waals surface area contributed by atoms with Crippen molar-refractivity contribution in [3.8, 4) is 33.6 Å². The molecule has 4 N–H and O–H groups in total. The van der Waals surface area contributed by atoms with Gasteiger partial charge in [-0.15, -0.1) is 0 Å². The summed E-state index contributed by atoms with van der Waals surface area (Å²) in [5.41, 5.74) is 6.10. The van der Waals surface area contributed by atoms with Crippen molar-refractivity contribution < 1.29 is 19.4 Å². The number of carbonyl (C=O) groups excluding carboxylic acids is 2. The van der Waals surface area contributed by atoms with Crippen LogP contribution in [0.15, 0.2) is 70.9 Å². The molecule has 14 heteroatoms. The van der Waals surface area contributed by atoms with E-state index in [1.165, 1.54) is 13.5 Å². The number of hydrogen-bond acceptors (Lipinski definition) is 10. The smallest absolute Gasteiger partial charge is 0.248 e. The van der Waals surface area contributed by atoms with E-state index in [-0.39, 0.29) is 41.8 Å². The Balaban J connectivity index is 0.908. The van der Waals surface area contributed by atoms with Gasteiger partial charge in [0.2, 0.25) is 18.2 Å². The Morgan fingerprint density at radius 1 is 0.818 bits per heavy atom. The molecule has 55 heavy (non-hydrogen) atoms. The largest absolute Gasteiger partial charge is 0.355 e. The number of carbonyl (C=O) groups is 2. The quantitative estimate of drug-likeness (QED) is 0.0610. The lowest BCUT2D eigenvalue weighted by atomic mass is 10.0. The second kappa shape index (κ2) is 16.1. The summed E-state index contributed by atoms with van der Waals surface area (Å²) >= 11 is 0. The van der Waals surface area contributed by atoms with Gasteiger partial charge in [0.15, 0.2) is 5.96 Å². The van der Waals surface area contributed by atoms with Crippen molar-refractivity contribution in [1.82, 2.24) is 40.4 Å². The summed E-state index contributed by atoms with van der Waals surface area (Å²) in [6.07, 6.45) is 10.5. The number of guanidine groups is 1. The maximum absolute atomic E-state index is 13.8. The van der Waals surface area contributed by atoms with Gasteiger partial charge in [-0.1, -0.05) is 62.4 Å². The third kappa shape index (κ3) is 7.86. The van der Waals surface area contributed by atoms with Gasteiger partial charge in [-0.3, -0.25) is 14.6 Å². The Hall–Kier alpha value is -5.50. The fourth-order valence-corrected chi connectivity index (χ4v) is 8.06. The number of likely N-dealkylation sites (tertiary alicyclic amines) is 2. The second-order valence-corrected chi connectivity index (χ2v) is 15.2. The molecule has 0 spiro atoms. The highest BCUT2D eigenvalue weighted by Crippen LogP contribution is 2.39. The summed E-state index contributed by atoms with van der Waals surface area (Å²) in [5.74, 6) is 2.78. The molecular formula is C41H50N10O4. The van der Waals surface area contributed by atoms with E-state index in [9.17, 15) is 9.59 Å². The second-order valence-electron chi connectivity index (χ2n) is 15.2. The van der Waals surface area contributed by atoms with Crippen molar-refractivity contribution in [1.29, 1.82) is 0 Å². The number of amides is 2. The molecule has 0 radical (unpaired) electrons. The van der Waals surface area contributed by atoms with Crippen LogP contribution in [-0.2, 0) is 19.4 Å². The van der Waals surface area contributed by atoms with Crippen LogP contribution in [0.3, 0.4) is 0 Å². The monoisotopic (exact) mass is 746 g/mol. The number of aromatic amines is 2. The molecule has 4 aliphatic rings. The first-order chi connectivity index (χ1) is 26.9. The highest BCUT2D eigenvalue weighted by molar-refractivity contribution is 5.90. The number of aliphatic imine (C=N–C) groups is 2. The topological polar surface area (TPSA) is 165 Å². The summed E-state index contributed by atoms with van der Waals surface area (Å²) in [6, 6.07) is 15.9. The van der Waals surface area contributed by atoms with Crippen molar-refractivity contribution >= 4 is 24.2 Å². The lowest BCUT2D eigenvalue weighted by Crippen LogP contribution is -2.53. The number of aromatic nitrogens is 4. The Bertz CT molecular complexity index is 2020. The molecule has 288 valence electrons. The standard InChI is InChI=1S/C41H50N10O4/c1-25(2)35(49-41-42-18-19-43-41)39(52)50-20-4-6-33(50)37-44-22-31(47-37)28-12-8-26(9-13-28)27-10-14-29(15-11-27)32-23-45-38(48-32)34-7-5-21-51(34)40(53)36(30-16-17-30)46-24-55-54-3/h8-15,22-25,30,33-36H,4-7,16-21H2,1-3H3,(H,44,47)(H,45,48)(H2,42,43,49)/t33-,34-,35+,36-/m0/s1. The predicted molar refractivity (Wildman–Crippen MR) is 210 cm³/mol. The average Bonchev–Trinajstić information content (AvgIpc) is 3.86. The molecule has 4 atom stereocenters. The fraction of sp³-hybridized carbons (Fsp3) is 0.463. The van der Waals surface area contributed by atoms with Gasteiger partial charge in [0, 0.05) is 19.6 Å². The minimum atomic E-state index is -0.454. The van der Waals surface area contributed by atoms with E-state index in [2.05, 4.69) is 97.9 Å². The van der Waals surface area contributed by atoms with Crippen LogP contribution in [0.25, 0.3) is 33.6 Å². The van der Waals surface area contributed by atoms with E-state index in [1.807, 2.05) is 22.2 Å². The Kier molecular flexibility index (Phi) is 10.7. The van der Waals surface area contributed by atoms with Crippen LogP contribution in [0.4, 0.5) is 0 Å². The molecule has 0 bridgehead atoms. The van der Waals surface area contributed by atoms with Crippen molar-refractivity contribution in [2.45, 2.75) is 76.5 Å². The number of rotatable bonds is 13.